The van der Waals surface area contributed by atoms with E-state index in [4.69, 9.17) is 42.6 Å². The molecule has 9 rings (SSSR count). The summed E-state index contributed by atoms with van der Waals surface area (Å²) < 4.78 is 49.0. The van der Waals surface area contributed by atoms with Gasteiger partial charge in [-0.1, -0.05) is 237 Å². The molecule has 0 radical (unpaired) electrons. The Bertz CT molecular complexity index is 5250. The summed E-state index contributed by atoms with van der Waals surface area (Å²) in [5.41, 5.74) is 7.03. The van der Waals surface area contributed by atoms with Gasteiger partial charge in [0.1, 0.15) is 56.1 Å². The number of esters is 4. The number of ether oxygens (including phenoxy) is 9. The largest absolute Gasteiger partial charge is 0.508 e. The molecule has 0 saturated heterocycles. The van der Waals surface area contributed by atoms with E-state index < -0.39 is 120 Å². The Morgan fingerprint density at radius 2 is 0.540 bits per heavy atom. The molecule has 28 nitrogen and oxygen atoms in total. The zero-order valence-corrected chi connectivity index (χ0v) is 79.7. The zero-order chi connectivity index (χ0) is 99.6. The third-order valence-corrected chi connectivity index (χ3v) is 22.8. The van der Waals surface area contributed by atoms with Crippen LogP contribution in [0.15, 0.2) is 261 Å². The van der Waals surface area contributed by atoms with Crippen molar-refractivity contribution in [2.24, 2.45) is 23.7 Å². The lowest BCUT2D eigenvalue weighted by atomic mass is 9.89. The normalized spacial score (nSPS) is 12.7. The van der Waals surface area contributed by atoms with Crippen LogP contribution in [0.3, 0.4) is 0 Å². The van der Waals surface area contributed by atoms with Crippen molar-refractivity contribution in [2.45, 2.75) is 199 Å². The molecule has 0 spiro atoms. The number of benzene rings is 9. The van der Waals surface area contributed by atoms with Crippen LogP contribution in [0.2, 0.25) is 0 Å². The van der Waals surface area contributed by atoms with Gasteiger partial charge in [0.25, 0.3) is 0 Å². The molecular weight excluding hydrogens is 1770 g/mol. The first-order valence-electron chi connectivity index (χ1n) is 47.2. The summed E-state index contributed by atoms with van der Waals surface area (Å²) in [6.45, 7) is 5.17. The predicted octanol–water partition coefficient (Wildman–Crippen LogP) is 14.6. The molecule has 0 fully saturated rings. The first-order valence-corrected chi connectivity index (χ1v) is 47.2. The van der Waals surface area contributed by atoms with Gasteiger partial charge in [-0.2, -0.15) is 0 Å². The minimum atomic E-state index is -1.17. The Hall–Kier alpha value is -13.8. The topological polar surface area (TPSA) is 390 Å². The van der Waals surface area contributed by atoms with Gasteiger partial charge in [-0.05, 0) is 152 Å². The van der Waals surface area contributed by atoms with E-state index in [1.165, 1.54) is 26.0 Å². The molecular formula is C111H130N4O24. The van der Waals surface area contributed by atoms with E-state index in [-0.39, 0.29) is 171 Å². The molecule has 0 heterocycles. The van der Waals surface area contributed by atoms with E-state index in [2.05, 4.69) is 21.3 Å². The van der Waals surface area contributed by atoms with Crippen LogP contribution in [0.1, 0.15) is 167 Å². The number of aromatic hydroxyl groups is 1. The lowest BCUT2D eigenvalue weighted by Gasteiger charge is -2.25. The third-order valence-electron chi connectivity index (χ3n) is 22.8. The molecule has 0 aliphatic rings. The number of rotatable bonds is 65. The minimum Gasteiger partial charge on any atom is -0.508 e. The molecule has 0 unspecified atom stereocenters. The van der Waals surface area contributed by atoms with Gasteiger partial charge in [0.05, 0.1) is 50.6 Å². The van der Waals surface area contributed by atoms with E-state index in [9.17, 15) is 72.2 Å². The van der Waals surface area contributed by atoms with Crippen molar-refractivity contribution in [3.8, 4) is 11.5 Å². The number of phenolic OH excluding ortho intramolecular Hbond substituents is 1. The fraction of sp³-hybridized carbons (Fsp3) is 0.387. The number of hydrogen-bond acceptors (Lipinski definition) is 24. The number of phenols is 1. The highest BCUT2D eigenvalue weighted by atomic mass is 16.5. The highest BCUT2D eigenvalue weighted by Gasteiger charge is 2.36. The van der Waals surface area contributed by atoms with E-state index in [1.807, 2.05) is 188 Å². The average molecular weight is 1900 g/mol. The molecule has 5 N–H and O–H groups in total. The van der Waals surface area contributed by atoms with Gasteiger partial charge >= 0.3 is 23.9 Å². The first kappa shape index (κ1) is 111. The standard InChI is InChI=1S/C59H68N2O12.C52H62N2O12/c1-43(62)36-50(37-45-25-28-51(29-26-45)71-40-46-18-9-4-10-19-46)59(68)61-53(38-44-16-7-3-8-17-44)55(64)39-49(27-31-56(65)72-41-47-20-11-5-12-21-47)58(67)60-52(54(63)24-15-33-70-35-34-69-2)30-32-57(66)73-42-48-22-13-6-14-23-48;1-37(55)31-43(32-39-20-23-44(56)24-21-39)52(62)54-46(33-38-13-6-3-7-14-38)48(58)34-42(22-26-49(59)65-35-40-15-8-4-9-16-40)51(61)53-45(47(57)19-12-28-64-30-29-63-2)25-27-50(60)66-36-41-17-10-5-11-18-41/h3-14,16-23,25-26,28-29,49-50,52-53H,15,24,27,30-42H2,1-2H3,(H,60,67)(H,61,68);3-11,13-18,20-21,23-24,42-43,45-46,56H,12,19,22,25-36H2,1-2H3,(H,53,61)(H,54,62)/t49-,50+,52-,53-;42-,43+,45-,46-/m11/s1. The van der Waals surface area contributed by atoms with Gasteiger partial charge in [-0.3, -0.25) is 57.5 Å². The third kappa shape index (κ3) is 44.9. The van der Waals surface area contributed by atoms with Crippen molar-refractivity contribution in [3.63, 3.8) is 0 Å². The smallest absolute Gasteiger partial charge is 0.306 e. The van der Waals surface area contributed by atoms with Gasteiger partial charge in [0, 0.05) is 115 Å². The number of carbonyl (C=O) groups excluding carboxylic acids is 14. The van der Waals surface area contributed by atoms with Gasteiger partial charge < -0.3 is 78.6 Å². The maximum Gasteiger partial charge on any atom is 0.306 e. The molecule has 738 valence electrons. The highest BCUT2D eigenvalue weighted by molar-refractivity contribution is 5.98. The number of amides is 4. The molecule has 0 saturated carbocycles. The fourth-order valence-electron chi connectivity index (χ4n) is 15.2. The Labute approximate surface area is 813 Å². The van der Waals surface area contributed by atoms with E-state index in [0.29, 0.717) is 57.2 Å². The Morgan fingerprint density at radius 1 is 0.266 bits per heavy atom. The maximum absolute atomic E-state index is 14.7. The average Bonchev–Trinajstić information content (AvgIpc) is 0.846. The summed E-state index contributed by atoms with van der Waals surface area (Å²) in [5, 5.41) is 21.2. The molecule has 0 aliphatic heterocycles. The number of carbonyl (C=O) groups is 14. The Balaban J connectivity index is 0.000000343. The van der Waals surface area contributed by atoms with E-state index in [0.717, 1.165) is 44.5 Å². The fourth-order valence-corrected chi connectivity index (χ4v) is 15.2. The van der Waals surface area contributed by atoms with Gasteiger partial charge in [0.2, 0.25) is 23.6 Å². The molecule has 28 heteroatoms. The van der Waals surface area contributed by atoms with Crippen LogP contribution in [0.4, 0.5) is 0 Å². The lowest BCUT2D eigenvalue weighted by Crippen LogP contribution is -2.48. The molecule has 8 atom stereocenters. The number of nitrogens with one attached hydrogen (secondary N) is 4. The summed E-state index contributed by atoms with van der Waals surface area (Å²) in [5.74, 6) is -10.3. The number of Topliss-reactive ketones (excluding diaryl/α,β-unsaturated/α-hetero) is 6. The second kappa shape index (κ2) is 63.6. The van der Waals surface area contributed by atoms with Gasteiger partial charge in [0.15, 0.2) is 23.1 Å². The maximum atomic E-state index is 14.7. The summed E-state index contributed by atoms with van der Waals surface area (Å²) in [6.07, 6.45) is -1.20. The number of methoxy groups -OCH3 is 2. The van der Waals surface area contributed by atoms with Crippen molar-refractivity contribution in [1.29, 1.82) is 0 Å². The first-order chi connectivity index (χ1) is 67.3. The van der Waals surface area contributed by atoms with Crippen LogP contribution < -0.4 is 26.0 Å². The second-order valence-corrected chi connectivity index (χ2v) is 34.1. The molecule has 0 aliphatic carbocycles. The molecule has 4 amide bonds. The number of hydrogen-bond donors (Lipinski definition) is 5. The van der Waals surface area contributed by atoms with Crippen LogP contribution in [0.5, 0.6) is 11.5 Å². The molecule has 139 heavy (non-hydrogen) atoms. The second-order valence-electron chi connectivity index (χ2n) is 34.1. The quantitative estimate of drug-likeness (QED) is 0.0134. The molecule has 9 aromatic carbocycles. The predicted molar refractivity (Wildman–Crippen MR) is 520 cm³/mol. The Kier molecular flexibility index (Phi) is 50.5. The van der Waals surface area contributed by atoms with Crippen LogP contribution >= 0.6 is 0 Å². The molecule has 0 aromatic heterocycles. The monoisotopic (exact) mass is 1900 g/mol. The van der Waals surface area contributed by atoms with Crippen molar-refractivity contribution >= 4 is 82.2 Å². The van der Waals surface area contributed by atoms with Crippen molar-refractivity contribution < 1.29 is 115 Å². The number of ketones is 6. The van der Waals surface area contributed by atoms with Crippen molar-refractivity contribution in [3.05, 3.63) is 311 Å². The summed E-state index contributed by atoms with van der Waals surface area (Å²) in [7, 11) is 3.10. The van der Waals surface area contributed by atoms with E-state index in [1.54, 1.807) is 74.9 Å². The highest BCUT2D eigenvalue weighted by Crippen LogP contribution is 2.26. The van der Waals surface area contributed by atoms with Crippen LogP contribution in [0, 0.1) is 23.7 Å². The Morgan fingerprint density at radius 3 is 0.849 bits per heavy atom. The van der Waals surface area contributed by atoms with Crippen LogP contribution in [-0.2, 0) is 164 Å². The van der Waals surface area contributed by atoms with Crippen molar-refractivity contribution in [1.82, 2.24) is 21.3 Å². The van der Waals surface area contributed by atoms with Crippen molar-refractivity contribution in [2.75, 3.05) is 53.9 Å². The van der Waals surface area contributed by atoms with Crippen LogP contribution in [0.25, 0.3) is 0 Å². The summed E-state index contributed by atoms with van der Waals surface area (Å²) in [4.78, 5) is 191. The zero-order valence-electron chi connectivity index (χ0n) is 79.7. The molecule has 9 aromatic rings. The molecule has 0 bridgehead atoms. The van der Waals surface area contributed by atoms with Crippen LogP contribution in [-0.4, -0.2) is 165 Å². The van der Waals surface area contributed by atoms with E-state index >= 15 is 0 Å². The minimum absolute atomic E-state index is 0.000386. The summed E-state index contributed by atoms with van der Waals surface area (Å²) in [6, 6.07) is 73.2. The van der Waals surface area contributed by atoms with Gasteiger partial charge in [-0.25, -0.2) is 0 Å². The SMILES string of the molecule is COCCOCCCC(=O)[C@@H](CCC(=O)OCc1ccccc1)NC(=O)[C@H](CCC(=O)OCc1ccccc1)CC(=O)[C@@H](Cc1ccccc1)NC(=O)[C@@H](CC(C)=O)Cc1ccc(O)cc1.COCCOCCCC(=O)[C@@H](CCC(=O)OCc1ccccc1)NC(=O)[C@H](CCC(=O)OCc1ccccc1)CC(=O)[C@@H](Cc1ccccc1)NC(=O)[C@@H](CC(C)=O)Cc1ccc(OCc2ccccc2)cc1. The summed E-state index contributed by atoms with van der Waals surface area (Å²) >= 11 is 0. The van der Waals surface area contributed by atoms with Gasteiger partial charge in [-0.15, -0.1) is 0 Å². The lowest BCUT2D eigenvalue weighted by molar-refractivity contribution is -0.147.